The van der Waals surface area contributed by atoms with Crippen molar-refractivity contribution in [2.45, 2.75) is 24.6 Å². The number of aliphatic hydroxyl groups excluding tert-OH is 1. The highest BCUT2D eigenvalue weighted by Crippen LogP contribution is 2.40. The van der Waals surface area contributed by atoms with Gasteiger partial charge in [-0.25, -0.2) is 9.36 Å². The number of oxime groups is 1. The maximum absolute atomic E-state index is 13.1. The highest BCUT2D eigenvalue weighted by Gasteiger charge is 2.54. The first-order valence-corrected chi connectivity index (χ1v) is 13.7. The third-order valence-electron chi connectivity index (χ3n) is 5.95. The molecule has 0 aliphatic carbocycles. The lowest BCUT2D eigenvalue weighted by Crippen LogP contribution is -2.71. The van der Waals surface area contributed by atoms with Crippen LogP contribution in [0.25, 0.3) is 4.83 Å². The number of hydrogen-bond acceptors (Lipinski definition) is 13. The summed E-state index contributed by atoms with van der Waals surface area (Å²) in [5.74, 6) is -2.94. The third kappa shape index (κ3) is 4.47. The molecule has 0 saturated carbocycles. The van der Waals surface area contributed by atoms with E-state index < -0.39 is 41.7 Å². The average Bonchev–Trinajstić information content (AvgIpc) is 3.60. The number of aromatic nitrogens is 4. The van der Waals surface area contributed by atoms with Crippen molar-refractivity contribution in [3.8, 4) is 0 Å². The summed E-state index contributed by atoms with van der Waals surface area (Å²) in [7, 11) is 1.23. The molecule has 19 heteroatoms. The number of rotatable bonds is 9. The molecule has 2 atom stereocenters. The molecule has 0 bridgehead atoms. The number of aliphatic hydroxyl groups is 1. The largest absolute Gasteiger partial charge is 0.477 e. The maximum Gasteiger partial charge on any atom is 0.352 e. The van der Waals surface area contributed by atoms with Gasteiger partial charge in [0.25, 0.3) is 23.5 Å². The van der Waals surface area contributed by atoms with Gasteiger partial charge in [-0.2, -0.15) is 13.8 Å². The van der Waals surface area contributed by atoms with Crippen LogP contribution in [0, 0.1) is 0 Å². The summed E-state index contributed by atoms with van der Waals surface area (Å²) in [4.78, 5) is 60.4. The van der Waals surface area contributed by atoms with Gasteiger partial charge in [0.05, 0.1) is 0 Å². The Labute approximate surface area is 230 Å². The number of primary amides is 1. The zero-order valence-electron chi connectivity index (χ0n) is 19.9. The van der Waals surface area contributed by atoms with Crippen LogP contribution >= 0.6 is 34.6 Å². The maximum atomic E-state index is 13.1. The standard InChI is InChI=1S/C20H19N9O7S3/c1-36-25-11(15-24-20(22)39-26-15)16(32)23-12-17(33)29-13(19(34)35)7(5-38-18(12)29)2-27-3-10-28(9(27)4-30)8(6-37-10)14(21)31/h3,6,12,18,30H,2,4-5H2,1H3,(H5-,21,22,23,24,26,31,32,34,35)/p+1/b25-11-/t12-,18-/m1/s1. The van der Waals surface area contributed by atoms with E-state index >= 15 is 0 Å². The first-order valence-electron chi connectivity index (χ1n) is 11.0. The molecule has 2 aliphatic rings. The molecule has 7 N–H and O–H groups in total. The number of nitrogens with two attached hydrogens (primary N) is 2. The quantitative estimate of drug-likeness (QED) is 0.0795. The number of carboxylic acid groups (broad SMARTS) is 1. The topological polar surface area (TPSA) is 232 Å². The van der Waals surface area contributed by atoms with E-state index in [0.29, 0.717) is 16.2 Å². The van der Waals surface area contributed by atoms with Crippen molar-refractivity contribution in [1.29, 1.82) is 0 Å². The van der Waals surface area contributed by atoms with Crippen LogP contribution in [0.3, 0.4) is 0 Å². The fourth-order valence-corrected chi connectivity index (χ4v) is 7.05. The Morgan fingerprint density at radius 1 is 1.38 bits per heavy atom. The molecule has 5 heterocycles. The number of imidazole rings is 1. The van der Waals surface area contributed by atoms with E-state index in [1.807, 2.05) is 0 Å². The summed E-state index contributed by atoms with van der Waals surface area (Å²) >= 11 is 3.36. The lowest BCUT2D eigenvalue weighted by Gasteiger charge is -2.49. The number of nitrogens with zero attached hydrogens (tertiary/aromatic N) is 6. The van der Waals surface area contributed by atoms with E-state index in [2.05, 4.69) is 19.8 Å². The molecule has 0 spiro atoms. The van der Waals surface area contributed by atoms with E-state index in [4.69, 9.17) is 16.3 Å². The monoisotopic (exact) mass is 594 g/mol. The molecule has 0 aromatic carbocycles. The van der Waals surface area contributed by atoms with Gasteiger partial charge >= 0.3 is 5.97 Å². The Balaban J connectivity index is 1.40. The van der Waals surface area contributed by atoms with Crippen LogP contribution < -0.4 is 21.4 Å². The Hall–Kier alpha value is -4.07. The molecule has 3 aromatic rings. The molecule has 3 aromatic heterocycles. The van der Waals surface area contributed by atoms with Crippen LogP contribution in [-0.2, 0) is 32.4 Å². The molecule has 39 heavy (non-hydrogen) atoms. The molecular formula is C20H20N9O7S3+. The summed E-state index contributed by atoms with van der Waals surface area (Å²) in [5, 5.41) is 27.2. The van der Waals surface area contributed by atoms with E-state index in [9.17, 15) is 29.4 Å². The number of nitrogens with one attached hydrogen (secondary N) is 1. The number of amides is 3. The third-order valence-corrected chi connectivity index (χ3v) is 8.70. The summed E-state index contributed by atoms with van der Waals surface area (Å²) in [6.45, 7) is -0.412. The highest BCUT2D eigenvalue weighted by molar-refractivity contribution is 8.00. The van der Waals surface area contributed by atoms with E-state index in [1.54, 1.807) is 16.1 Å². The van der Waals surface area contributed by atoms with E-state index in [-0.39, 0.29) is 40.4 Å². The van der Waals surface area contributed by atoms with Gasteiger partial charge in [0.15, 0.2) is 5.13 Å². The second kappa shape index (κ2) is 10.2. The Morgan fingerprint density at radius 2 is 2.15 bits per heavy atom. The van der Waals surface area contributed by atoms with Crippen LogP contribution in [0.15, 0.2) is 28.0 Å². The number of hydrogen-bond donors (Lipinski definition) is 5. The molecule has 2 aliphatic heterocycles. The average molecular weight is 595 g/mol. The summed E-state index contributed by atoms with van der Waals surface area (Å²) in [6, 6.07) is -1.03. The minimum Gasteiger partial charge on any atom is -0.477 e. The number of carboxylic acids is 1. The number of carbonyl (C=O) groups is 4. The van der Waals surface area contributed by atoms with Crippen molar-refractivity contribution in [1.82, 2.24) is 24.0 Å². The van der Waals surface area contributed by atoms with Crippen molar-refractivity contribution in [3.05, 3.63) is 40.2 Å². The minimum absolute atomic E-state index is 0.0339. The fraction of sp³-hybridized carbons (Fsp3) is 0.300. The zero-order valence-corrected chi connectivity index (χ0v) is 22.4. The number of anilines is 1. The smallest absolute Gasteiger partial charge is 0.352 e. The molecule has 0 unspecified atom stereocenters. The molecule has 1 fully saturated rings. The minimum atomic E-state index is -1.32. The number of aliphatic carboxylic acids is 1. The lowest BCUT2D eigenvalue weighted by molar-refractivity contribution is -0.696. The van der Waals surface area contributed by atoms with E-state index in [0.717, 1.165) is 16.4 Å². The Kier molecular flexibility index (Phi) is 6.97. The first kappa shape index (κ1) is 26.5. The van der Waals surface area contributed by atoms with Gasteiger partial charge in [-0.3, -0.25) is 19.3 Å². The number of thiazole rings is 1. The number of fused-ring (bicyclic) bond motifs is 2. The number of thioether (sulfide) groups is 1. The van der Waals surface area contributed by atoms with Gasteiger partial charge in [-0.05, 0) is 0 Å². The summed E-state index contributed by atoms with van der Waals surface area (Å²) < 4.78 is 7.06. The second-order valence-corrected chi connectivity index (χ2v) is 11.0. The molecule has 3 amide bonds. The van der Waals surface area contributed by atoms with Crippen LogP contribution in [0.5, 0.6) is 0 Å². The second-order valence-electron chi connectivity index (χ2n) is 8.19. The SMILES string of the molecule is CO/N=C(\C(=O)N[C@@H]1C(=O)N2C(C(=O)O)=C(C[n+]3cc4scc(C(N)=O)n4c3CO)CS[C@H]12)c1nsc(N)n1. The zero-order chi connectivity index (χ0) is 28.0. The molecule has 16 nitrogen and oxygen atoms in total. The fourth-order valence-electron chi connectivity index (χ4n) is 4.32. The highest BCUT2D eigenvalue weighted by atomic mass is 32.2. The molecule has 204 valence electrons. The summed E-state index contributed by atoms with van der Waals surface area (Å²) in [6.07, 6.45) is 1.67. The van der Waals surface area contributed by atoms with Crippen molar-refractivity contribution in [2.75, 3.05) is 18.6 Å². The Bertz CT molecular complexity index is 1590. The van der Waals surface area contributed by atoms with Gasteiger partial charge in [-0.1, -0.05) is 16.5 Å². The van der Waals surface area contributed by atoms with Gasteiger partial charge < -0.3 is 31.8 Å². The number of β-lactam (4-membered cyclic amide) rings is 1. The number of nitrogen functional groups attached to an aromatic ring is 1. The molecule has 0 radical (unpaired) electrons. The first-order chi connectivity index (χ1) is 18.7. The lowest BCUT2D eigenvalue weighted by atomic mass is 10.0. The van der Waals surface area contributed by atoms with Gasteiger partial charge in [0, 0.05) is 28.2 Å². The Morgan fingerprint density at radius 3 is 2.77 bits per heavy atom. The van der Waals surface area contributed by atoms with Crippen LogP contribution in [0.4, 0.5) is 5.13 Å². The number of carbonyl (C=O) groups excluding carboxylic acids is 3. The van der Waals surface area contributed by atoms with Crippen molar-refractivity contribution in [2.24, 2.45) is 10.9 Å². The predicted octanol–water partition coefficient (Wildman–Crippen LogP) is -1.90. The van der Waals surface area contributed by atoms with Crippen molar-refractivity contribution >= 4 is 74.0 Å². The molecule has 5 rings (SSSR count). The normalized spacial score (nSPS) is 19.2. The van der Waals surface area contributed by atoms with Gasteiger partial charge in [0.2, 0.25) is 22.1 Å². The van der Waals surface area contributed by atoms with Crippen molar-refractivity contribution in [3.63, 3.8) is 0 Å². The summed E-state index contributed by atoms with van der Waals surface area (Å²) in [5.41, 5.74) is 11.1. The molecular weight excluding hydrogens is 574 g/mol. The van der Waals surface area contributed by atoms with Gasteiger partial charge in [-0.15, -0.1) is 11.8 Å². The van der Waals surface area contributed by atoms with Gasteiger partial charge in [0.1, 0.15) is 43.6 Å². The van der Waals surface area contributed by atoms with E-state index in [1.165, 1.54) is 34.6 Å². The van der Waals surface area contributed by atoms with Crippen LogP contribution in [0.2, 0.25) is 0 Å². The van der Waals surface area contributed by atoms with Crippen LogP contribution in [0.1, 0.15) is 22.1 Å². The molecule has 1 saturated heterocycles. The van der Waals surface area contributed by atoms with Crippen molar-refractivity contribution < 1.29 is 38.8 Å². The van der Waals surface area contributed by atoms with Crippen LogP contribution in [-0.4, -0.2) is 82.6 Å². The predicted molar refractivity (Wildman–Crippen MR) is 137 cm³/mol.